The molecule has 4 nitrogen and oxygen atoms in total. The van der Waals surface area contributed by atoms with Crippen LogP contribution in [0.5, 0.6) is 0 Å². The third-order valence-corrected chi connectivity index (χ3v) is 4.88. The molecule has 0 spiro atoms. The molecule has 3 rings (SSSR count). The zero-order valence-electron chi connectivity index (χ0n) is 14.3. The number of nitrogens with zero attached hydrogens (tertiary/aromatic N) is 1. The van der Waals surface area contributed by atoms with E-state index in [-0.39, 0.29) is 17.6 Å². The van der Waals surface area contributed by atoms with E-state index in [4.69, 9.17) is 11.6 Å². The average Bonchev–Trinajstić information content (AvgIpc) is 2.64. The number of hydrogen-bond donors (Lipinski definition) is 1. The zero-order chi connectivity index (χ0) is 18.5. The van der Waals surface area contributed by atoms with Gasteiger partial charge in [0.2, 0.25) is 11.8 Å². The third-order valence-electron chi connectivity index (χ3n) is 4.51. The van der Waals surface area contributed by atoms with Gasteiger partial charge in [0.15, 0.2) is 0 Å². The van der Waals surface area contributed by atoms with E-state index in [9.17, 15) is 14.0 Å². The summed E-state index contributed by atoms with van der Waals surface area (Å²) in [5.74, 6) is -0.689. The van der Waals surface area contributed by atoms with Crippen LogP contribution in [-0.4, -0.2) is 29.8 Å². The summed E-state index contributed by atoms with van der Waals surface area (Å²) in [6.45, 7) is 0.867. The quantitative estimate of drug-likeness (QED) is 0.870. The van der Waals surface area contributed by atoms with Crippen LogP contribution in [0.4, 0.5) is 4.39 Å². The number of rotatable bonds is 5. The van der Waals surface area contributed by atoms with Crippen molar-refractivity contribution >= 4 is 23.4 Å². The summed E-state index contributed by atoms with van der Waals surface area (Å²) in [5, 5.41) is 3.47. The molecule has 0 radical (unpaired) electrons. The molecule has 1 N–H and O–H groups in total. The number of amides is 2. The Morgan fingerprint density at radius 2 is 1.92 bits per heavy atom. The molecule has 1 saturated heterocycles. The Balaban J connectivity index is 1.67. The van der Waals surface area contributed by atoms with Crippen LogP contribution in [0.1, 0.15) is 30.0 Å². The Labute approximate surface area is 157 Å². The molecule has 2 aromatic carbocycles. The Morgan fingerprint density at radius 3 is 2.65 bits per heavy atom. The molecular formula is C20H20ClFN2O2. The summed E-state index contributed by atoms with van der Waals surface area (Å²) >= 11 is 6.14. The van der Waals surface area contributed by atoms with Crippen molar-refractivity contribution in [1.29, 1.82) is 0 Å². The first kappa shape index (κ1) is 18.4. The van der Waals surface area contributed by atoms with Gasteiger partial charge in [-0.05, 0) is 42.2 Å². The number of benzene rings is 2. The summed E-state index contributed by atoms with van der Waals surface area (Å²) in [6, 6.07) is 12.6. The van der Waals surface area contributed by atoms with Crippen LogP contribution in [0.3, 0.4) is 0 Å². The number of carbonyl (C=O) groups is 2. The Hall–Kier alpha value is -2.40. The van der Waals surface area contributed by atoms with Gasteiger partial charge < -0.3 is 10.2 Å². The molecule has 1 heterocycles. The van der Waals surface area contributed by atoms with Crippen molar-refractivity contribution in [3.05, 3.63) is 70.5 Å². The summed E-state index contributed by atoms with van der Waals surface area (Å²) in [6.07, 6.45) is 1.68. The van der Waals surface area contributed by atoms with Gasteiger partial charge in [0.25, 0.3) is 0 Å². The minimum atomic E-state index is -0.711. The lowest BCUT2D eigenvalue weighted by Crippen LogP contribution is -2.52. The first-order valence-corrected chi connectivity index (χ1v) is 9.00. The molecule has 1 atom stereocenters. The maximum atomic E-state index is 13.2. The SMILES string of the molecule is O=C1NCCN(C(=O)CCCc2ccccc2Cl)C1c1ccc(F)cc1. The minimum absolute atomic E-state index is 0.0822. The van der Waals surface area contributed by atoms with Crippen LogP contribution in [0.25, 0.3) is 0 Å². The van der Waals surface area contributed by atoms with Crippen LogP contribution in [-0.2, 0) is 16.0 Å². The van der Waals surface area contributed by atoms with Gasteiger partial charge in [-0.2, -0.15) is 0 Å². The van der Waals surface area contributed by atoms with Crippen molar-refractivity contribution in [1.82, 2.24) is 10.2 Å². The van der Waals surface area contributed by atoms with Crippen molar-refractivity contribution in [2.24, 2.45) is 0 Å². The highest BCUT2D eigenvalue weighted by molar-refractivity contribution is 6.31. The molecule has 136 valence electrons. The van der Waals surface area contributed by atoms with Crippen molar-refractivity contribution in [3.63, 3.8) is 0 Å². The summed E-state index contributed by atoms with van der Waals surface area (Å²) in [4.78, 5) is 26.6. The maximum Gasteiger partial charge on any atom is 0.247 e. The third kappa shape index (κ3) is 4.22. The van der Waals surface area contributed by atoms with Crippen molar-refractivity contribution in [3.8, 4) is 0 Å². The average molecular weight is 375 g/mol. The smallest absolute Gasteiger partial charge is 0.247 e. The Bertz CT molecular complexity index is 795. The lowest BCUT2D eigenvalue weighted by molar-refractivity contribution is -0.143. The van der Waals surface area contributed by atoms with E-state index < -0.39 is 6.04 Å². The zero-order valence-corrected chi connectivity index (χ0v) is 15.0. The minimum Gasteiger partial charge on any atom is -0.352 e. The Morgan fingerprint density at radius 1 is 1.19 bits per heavy atom. The van der Waals surface area contributed by atoms with Crippen LogP contribution >= 0.6 is 11.6 Å². The molecule has 1 unspecified atom stereocenters. The summed E-state index contributed by atoms with van der Waals surface area (Å²) in [7, 11) is 0. The van der Waals surface area contributed by atoms with E-state index in [0.29, 0.717) is 42.9 Å². The largest absolute Gasteiger partial charge is 0.352 e. The summed E-state index contributed by atoms with van der Waals surface area (Å²) in [5.41, 5.74) is 1.62. The highest BCUT2D eigenvalue weighted by Crippen LogP contribution is 2.25. The Kier molecular flexibility index (Phi) is 5.89. The molecular weight excluding hydrogens is 355 g/mol. The highest BCUT2D eigenvalue weighted by atomic mass is 35.5. The molecule has 1 fully saturated rings. The highest BCUT2D eigenvalue weighted by Gasteiger charge is 2.33. The molecule has 0 saturated carbocycles. The van der Waals surface area contributed by atoms with Crippen LogP contribution < -0.4 is 5.32 Å². The lowest BCUT2D eigenvalue weighted by Gasteiger charge is -2.35. The number of halogens is 2. The molecule has 1 aliphatic rings. The lowest BCUT2D eigenvalue weighted by atomic mass is 10.0. The van der Waals surface area contributed by atoms with Gasteiger partial charge in [-0.3, -0.25) is 9.59 Å². The molecule has 0 aromatic heterocycles. The van der Waals surface area contributed by atoms with Gasteiger partial charge in [-0.1, -0.05) is 41.9 Å². The van der Waals surface area contributed by atoms with Crippen molar-refractivity contribution < 1.29 is 14.0 Å². The van der Waals surface area contributed by atoms with Gasteiger partial charge in [-0.15, -0.1) is 0 Å². The second-order valence-corrected chi connectivity index (χ2v) is 6.68. The van der Waals surface area contributed by atoms with Crippen molar-refractivity contribution in [2.45, 2.75) is 25.3 Å². The molecule has 1 aliphatic heterocycles. The van der Waals surface area contributed by atoms with Crippen LogP contribution in [0.2, 0.25) is 5.02 Å². The molecule has 0 bridgehead atoms. The van der Waals surface area contributed by atoms with Gasteiger partial charge in [0, 0.05) is 24.5 Å². The molecule has 26 heavy (non-hydrogen) atoms. The topological polar surface area (TPSA) is 49.4 Å². The fourth-order valence-corrected chi connectivity index (χ4v) is 3.42. The fraction of sp³-hybridized carbons (Fsp3) is 0.300. The number of aryl methyl sites for hydroxylation is 1. The van der Waals surface area contributed by atoms with E-state index in [1.54, 1.807) is 17.0 Å². The van der Waals surface area contributed by atoms with E-state index in [1.807, 2.05) is 24.3 Å². The second-order valence-electron chi connectivity index (χ2n) is 6.28. The summed E-state index contributed by atoms with van der Waals surface area (Å²) < 4.78 is 13.2. The van der Waals surface area contributed by atoms with Gasteiger partial charge in [0.1, 0.15) is 11.9 Å². The van der Waals surface area contributed by atoms with Gasteiger partial charge in [0.05, 0.1) is 0 Å². The fourth-order valence-electron chi connectivity index (χ4n) is 3.19. The first-order valence-electron chi connectivity index (χ1n) is 8.62. The van der Waals surface area contributed by atoms with Gasteiger partial charge in [-0.25, -0.2) is 4.39 Å². The number of carbonyl (C=O) groups excluding carboxylic acids is 2. The number of hydrogen-bond acceptors (Lipinski definition) is 2. The van der Waals surface area contributed by atoms with E-state index >= 15 is 0 Å². The predicted molar refractivity (Wildman–Crippen MR) is 98.3 cm³/mol. The predicted octanol–water partition coefficient (Wildman–Crippen LogP) is 3.50. The monoisotopic (exact) mass is 374 g/mol. The van der Waals surface area contributed by atoms with Crippen molar-refractivity contribution in [2.75, 3.05) is 13.1 Å². The molecule has 6 heteroatoms. The molecule has 2 aromatic rings. The number of piperazine rings is 1. The maximum absolute atomic E-state index is 13.2. The van der Waals surface area contributed by atoms with E-state index in [1.165, 1.54) is 12.1 Å². The molecule has 0 aliphatic carbocycles. The second kappa shape index (κ2) is 8.32. The normalized spacial score (nSPS) is 17.1. The van der Waals surface area contributed by atoms with E-state index in [2.05, 4.69) is 5.32 Å². The first-order chi connectivity index (χ1) is 12.6. The van der Waals surface area contributed by atoms with Crippen LogP contribution in [0, 0.1) is 5.82 Å². The van der Waals surface area contributed by atoms with Crippen LogP contribution in [0.15, 0.2) is 48.5 Å². The number of nitrogens with one attached hydrogen (secondary N) is 1. The van der Waals surface area contributed by atoms with E-state index in [0.717, 1.165) is 5.56 Å². The van der Waals surface area contributed by atoms with Gasteiger partial charge >= 0.3 is 0 Å². The molecule has 2 amide bonds. The standard InChI is InChI=1S/C20H20ClFN2O2/c21-17-6-2-1-4-14(17)5-3-7-18(25)24-13-12-23-20(26)19(24)15-8-10-16(22)11-9-15/h1-2,4,6,8-11,19H,3,5,7,12-13H2,(H,23,26).